The summed E-state index contributed by atoms with van der Waals surface area (Å²) in [5.74, 6) is 0. The van der Waals surface area contributed by atoms with Gasteiger partial charge in [-0.1, -0.05) is 0 Å². The minimum atomic E-state index is -0.140. The van der Waals surface area contributed by atoms with Gasteiger partial charge in [0.25, 0.3) is 0 Å². The van der Waals surface area contributed by atoms with Crippen LogP contribution in [0.5, 0.6) is 0 Å². The van der Waals surface area contributed by atoms with Crippen LogP contribution in [0.4, 0.5) is 0 Å². The molecule has 0 spiro atoms. The van der Waals surface area contributed by atoms with Crippen molar-refractivity contribution in [1.82, 2.24) is 0 Å². The Morgan fingerprint density at radius 2 is 2.20 bits per heavy atom. The highest BCUT2D eigenvalue weighted by Crippen LogP contribution is 2.27. The van der Waals surface area contributed by atoms with Gasteiger partial charge in [0.1, 0.15) is 0 Å². The molecule has 0 aliphatic heterocycles. The SMILES string of the molecule is NC(CO)Cc1cc(-c2ccsc2)cs1. The Labute approximate surface area is 97.0 Å². The van der Waals surface area contributed by atoms with Crippen LogP contribution in [-0.4, -0.2) is 17.8 Å². The van der Waals surface area contributed by atoms with Gasteiger partial charge in [0.2, 0.25) is 0 Å². The van der Waals surface area contributed by atoms with Gasteiger partial charge in [-0.25, -0.2) is 0 Å². The molecular formula is C11H13NOS2. The van der Waals surface area contributed by atoms with E-state index in [2.05, 4.69) is 28.3 Å². The van der Waals surface area contributed by atoms with Gasteiger partial charge in [-0.2, -0.15) is 11.3 Å². The molecule has 0 radical (unpaired) electrons. The van der Waals surface area contributed by atoms with E-state index in [0.29, 0.717) is 0 Å². The molecule has 1 unspecified atom stereocenters. The molecule has 0 aliphatic rings. The van der Waals surface area contributed by atoms with E-state index in [4.69, 9.17) is 10.8 Å². The third-order valence-electron chi connectivity index (χ3n) is 2.21. The van der Waals surface area contributed by atoms with Crippen LogP contribution >= 0.6 is 22.7 Å². The zero-order valence-corrected chi connectivity index (χ0v) is 9.85. The number of aliphatic hydroxyl groups is 1. The van der Waals surface area contributed by atoms with Crippen molar-refractivity contribution in [3.63, 3.8) is 0 Å². The van der Waals surface area contributed by atoms with Crippen molar-refractivity contribution in [2.45, 2.75) is 12.5 Å². The van der Waals surface area contributed by atoms with Crippen LogP contribution in [0.25, 0.3) is 11.1 Å². The number of thiophene rings is 2. The lowest BCUT2D eigenvalue weighted by Gasteiger charge is -2.04. The molecule has 2 rings (SSSR count). The van der Waals surface area contributed by atoms with Crippen LogP contribution in [0.15, 0.2) is 28.3 Å². The second-order valence-electron chi connectivity index (χ2n) is 3.46. The van der Waals surface area contributed by atoms with Crippen molar-refractivity contribution in [3.8, 4) is 11.1 Å². The first-order chi connectivity index (χ1) is 7.29. The molecule has 1 atom stereocenters. The molecule has 4 heteroatoms. The second kappa shape index (κ2) is 4.90. The Balaban J connectivity index is 2.11. The Morgan fingerprint density at radius 1 is 1.33 bits per heavy atom. The summed E-state index contributed by atoms with van der Waals surface area (Å²) in [7, 11) is 0. The van der Waals surface area contributed by atoms with Gasteiger partial charge in [-0.05, 0) is 45.8 Å². The van der Waals surface area contributed by atoms with E-state index in [9.17, 15) is 0 Å². The lowest BCUT2D eigenvalue weighted by atomic mass is 10.1. The summed E-state index contributed by atoms with van der Waals surface area (Å²) in [5, 5.41) is 15.2. The molecule has 2 nitrogen and oxygen atoms in total. The van der Waals surface area contributed by atoms with E-state index in [1.807, 2.05) is 0 Å². The lowest BCUT2D eigenvalue weighted by Crippen LogP contribution is -2.26. The Bertz CT molecular complexity index is 408. The predicted molar refractivity (Wildman–Crippen MR) is 66.4 cm³/mol. The zero-order chi connectivity index (χ0) is 10.7. The molecule has 0 saturated carbocycles. The normalized spacial score (nSPS) is 12.9. The van der Waals surface area contributed by atoms with Crippen LogP contribution in [0, 0.1) is 0 Å². The van der Waals surface area contributed by atoms with E-state index in [-0.39, 0.29) is 12.6 Å². The van der Waals surface area contributed by atoms with Crippen molar-refractivity contribution in [2.75, 3.05) is 6.61 Å². The molecule has 0 aromatic carbocycles. The summed E-state index contributed by atoms with van der Waals surface area (Å²) in [6, 6.07) is 4.13. The average molecular weight is 239 g/mol. The Morgan fingerprint density at radius 3 is 2.87 bits per heavy atom. The van der Waals surface area contributed by atoms with Crippen LogP contribution in [0.1, 0.15) is 4.88 Å². The van der Waals surface area contributed by atoms with Crippen molar-refractivity contribution in [3.05, 3.63) is 33.2 Å². The monoisotopic (exact) mass is 239 g/mol. The third-order valence-corrected chi connectivity index (χ3v) is 3.85. The molecule has 2 heterocycles. The Hall–Kier alpha value is -0.680. The van der Waals surface area contributed by atoms with Crippen molar-refractivity contribution < 1.29 is 5.11 Å². The molecule has 2 aromatic rings. The van der Waals surface area contributed by atoms with E-state index in [1.54, 1.807) is 22.7 Å². The maximum Gasteiger partial charge on any atom is 0.0586 e. The molecule has 80 valence electrons. The summed E-state index contributed by atoms with van der Waals surface area (Å²) in [4.78, 5) is 1.23. The summed E-state index contributed by atoms with van der Waals surface area (Å²) in [5.41, 5.74) is 8.21. The van der Waals surface area contributed by atoms with E-state index in [1.165, 1.54) is 16.0 Å². The molecule has 0 aliphatic carbocycles. The maximum atomic E-state index is 8.87. The van der Waals surface area contributed by atoms with Crippen molar-refractivity contribution >= 4 is 22.7 Å². The molecule has 2 aromatic heterocycles. The van der Waals surface area contributed by atoms with Crippen LogP contribution in [0.2, 0.25) is 0 Å². The molecule has 0 saturated heterocycles. The lowest BCUT2D eigenvalue weighted by molar-refractivity contribution is 0.266. The summed E-state index contributed by atoms with van der Waals surface area (Å²) >= 11 is 3.41. The molecule has 15 heavy (non-hydrogen) atoms. The van der Waals surface area contributed by atoms with Gasteiger partial charge < -0.3 is 10.8 Å². The van der Waals surface area contributed by atoms with Gasteiger partial charge in [0, 0.05) is 10.9 Å². The zero-order valence-electron chi connectivity index (χ0n) is 8.22. The first-order valence-electron chi connectivity index (χ1n) is 4.76. The number of nitrogens with two attached hydrogens (primary N) is 1. The smallest absolute Gasteiger partial charge is 0.0586 e. The summed E-state index contributed by atoms with van der Waals surface area (Å²) < 4.78 is 0. The topological polar surface area (TPSA) is 46.2 Å². The van der Waals surface area contributed by atoms with Crippen LogP contribution in [-0.2, 0) is 6.42 Å². The highest BCUT2D eigenvalue weighted by atomic mass is 32.1. The van der Waals surface area contributed by atoms with Gasteiger partial charge >= 0.3 is 0 Å². The standard InChI is InChI=1S/C11H13NOS2/c12-10(5-13)4-11-3-9(7-15-11)8-1-2-14-6-8/h1-3,6-7,10,13H,4-5,12H2. The highest BCUT2D eigenvalue weighted by Gasteiger charge is 2.06. The molecule has 0 amide bonds. The quantitative estimate of drug-likeness (QED) is 0.860. The Kier molecular flexibility index (Phi) is 3.53. The largest absolute Gasteiger partial charge is 0.395 e. The average Bonchev–Trinajstić information content (AvgIpc) is 2.85. The molecule has 0 bridgehead atoms. The second-order valence-corrected chi connectivity index (χ2v) is 5.24. The van der Waals surface area contributed by atoms with Gasteiger partial charge in [0.15, 0.2) is 0 Å². The minimum absolute atomic E-state index is 0.0473. The van der Waals surface area contributed by atoms with Gasteiger partial charge in [0.05, 0.1) is 6.61 Å². The van der Waals surface area contributed by atoms with Crippen LogP contribution < -0.4 is 5.73 Å². The molecule has 3 N–H and O–H groups in total. The number of hydrogen-bond acceptors (Lipinski definition) is 4. The fourth-order valence-electron chi connectivity index (χ4n) is 1.39. The fourth-order valence-corrected chi connectivity index (χ4v) is 3.04. The number of aliphatic hydroxyl groups excluding tert-OH is 1. The van der Waals surface area contributed by atoms with Crippen molar-refractivity contribution in [1.29, 1.82) is 0 Å². The molecule has 0 fully saturated rings. The van der Waals surface area contributed by atoms with E-state index in [0.717, 1.165) is 6.42 Å². The third kappa shape index (κ3) is 2.66. The summed E-state index contributed by atoms with van der Waals surface area (Å²) in [6.45, 7) is 0.0473. The first kappa shape index (κ1) is 10.8. The van der Waals surface area contributed by atoms with Gasteiger partial charge in [-0.3, -0.25) is 0 Å². The highest BCUT2D eigenvalue weighted by molar-refractivity contribution is 7.10. The van der Waals surface area contributed by atoms with Crippen molar-refractivity contribution in [2.24, 2.45) is 5.73 Å². The maximum absolute atomic E-state index is 8.87. The van der Waals surface area contributed by atoms with Gasteiger partial charge in [-0.15, -0.1) is 11.3 Å². The van der Waals surface area contributed by atoms with E-state index >= 15 is 0 Å². The minimum Gasteiger partial charge on any atom is -0.395 e. The first-order valence-corrected chi connectivity index (χ1v) is 6.58. The fraction of sp³-hybridized carbons (Fsp3) is 0.273. The number of hydrogen-bond donors (Lipinski definition) is 2. The number of rotatable bonds is 4. The predicted octanol–water partition coefficient (Wildman–Crippen LogP) is 2.34. The van der Waals surface area contributed by atoms with Crippen LogP contribution in [0.3, 0.4) is 0 Å². The summed E-state index contributed by atoms with van der Waals surface area (Å²) in [6.07, 6.45) is 0.755. The van der Waals surface area contributed by atoms with E-state index < -0.39 is 0 Å². The molecular weight excluding hydrogens is 226 g/mol.